The van der Waals surface area contributed by atoms with Crippen molar-refractivity contribution in [1.82, 2.24) is 34.3 Å². The molecule has 0 aliphatic heterocycles. The molecular formula is C19H21N7O. The number of benzene rings is 1. The van der Waals surface area contributed by atoms with Crippen molar-refractivity contribution in [3.8, 4) is 11.6 Å². The van der Waals surface area contributed by atoms with Crippen LogP contribution in [-0.4, -0.2) is 34.3 Å². The van der Waals surface area contributed by atoms with Crippen molar-refractivity contribution in [3.05, 3.63) is 71.7 Å². The average Bonchev–Trinajstić information content (AvgIpc) is 3.33. The minimum absolute atomic E-state index is 0.291. The van der Waals surface area contributed by atoms with Crippen molar-refractivity contribution in [2.75, 3.05) is 0 Å². The summed E-state index contributed by atoms with van der Waals surface area (Å²) >= 11 is 0. The lowest BCUT2D eigenvalue weighted by Gasteiger charge is -2.07. The molecule has 0 unspecified atom stereocenters. The molecule has 0 aliphatic carbocycles. The van der Waals surface area contributed by atoms with Gasteiger partial charge in [0.25, 0.3) is 0 Å². The summed E-state index contributed by atoms with van der Waals surface area (Å²) in [5.41, 5.74) is 2.06. The third kappa shape index (κ3) is 3.59. The lowest BCUT2D eigenvalue weighted by molar-refractivity contribution is 0.295. The molecule has 0 bridgehead atoms. The fraction of sp³-hybridized carbons (Fsp3) is 0.263. The zero-order valence-corrected chi connectivity index (χ0v) is 15.6. The van der Waals surface area contributed by atoms with Crippen LogP contribution in [0.4, 0.5) is 0 Å². The summed E-state index contributed by atoms with van der Waals surface area (Å²) < 4.78 is 11.3. The predicted molar refractivity (Wildman–Crippen MR) is 99.7 cm³/mol. The molecule has 0 radical (unpaired) electrons. The third-order valence-electron chi connectivity index (χ3n) is 4.24. The summed E-state index contributed by atoms with van der Waals surface area (Å²) in [6.07, 6.45) is 1.74. The predicted octanol–water partition coefficient (Wildman–Crippen LogP) is 2.44. The van der Waals surface area contributed by atoms with Crippen molar-refractivity contribution < 1.29 is 4.74 Å². The Hall–Kier alpha value is -3.42. The fourth-order valence-corrected chi connectivity index (χ4v) is 2.95. The number of hydrogen-bond donors (Lipinski definition) is 0. The van der Waals surface area contributed by atoms with Gasteiger partial charge in [0.05, 0.1) is 11.9 Å². The van der Waals surface area contributed by atoms with Crippen molar-refractivity contribution >= 4 is 0 Å². The van der Waals surface area contributed by atoms with E-state index in [1.165, 1.54) is 0 Å². The molecule has 27 heavy (non-hydrogen) atoms. The summed E-state index contributed by atoms with van der Waals surface area (Å²) in [6.45, 7) is 4.82. The molecule has 4 rings (SSSR count). The summed E-state index contributed by atoms with van der Waals surface area (Å²) in [5, 5.41) is 13.4. The van der Waals surface area contributed by atoms with Crippen molar-refractivity contribution in [3.63, 3.8) is 0 Å². The smallest absolute Gasteiger partial charge is 0.189 e. The van der Waals surface area contributed by atoms with Gasteiger partial charge < -0.3 is 4.74 Å². The Morgan fingerprint density at radius 3 is 2.52 bits per heavy atom. The Labute approximate surface area is 157 Å². The van der Waals surface area contributed by atoms with Crippen molar-refractivity contribution in [2.45, 2.75) is 27.0 Å². The van der Waals surface area contributed by atoms with Crippen LogP contribution in [0.2, 0.25) is 0 Å². The van der Waals surface area contributed by atoms with Gasteiger partial charge in [0.1, 0.15) is 18.9 Å². The molecule has 8 nitrogen and oxygen atoms in total. The Morgan fingerprint density at radius 2 is 1.85 bits per heavy atom. The van der Waals surface area contributed by atoms with Gasteiger partial charge in [0, 0.05) is 18.8 Å². The van der Waals surface area contributed by atoms with Gasteiger partial charge in [-0.25, -0.2) is 4.98 Å². The van der Waals surface area contributed by atoms with E-state index < -0.39 is 0 Å². The number of rotatable bonds is 6. The molecule has 0 N–H and O–H groups in total. The van der Waals surface area contributed by atoms with Crippen LogP contribution in [0.5, 0.6) is 5.75 Å². The van der Waals surface area contributed by atoms with Crippen molar-refractivity contribution in [1.29, 1.82) is 0 Å². The highest BCUT2D eigenvalue weighted by Gasteiger charge is 2.16. The Bertz CT molecular complexity index is 1050. The summed E-state index contributed by atoms with van der Waals surface area (Å²) in [4.78, 5) is 4.69. The molecule has 8 heteroatoms. The Balaban J connectivity index is 1.64. The maximum absolute atomic E-state index is 5.80. The first kappa shape index (κ1) is 17.0. The van der Waals surface area contributed by atoms with Gasteiger partial charge in [-0.05, 0) is 32.0 Å². The van der Waals surface area contributed by atoms with E-state index in [0.29, 0.717) is 19.0 Å². The molecule has 0 amide bonds. The second kappa shape index (κ2) is 7.06. The number of aryl methyl sites for hydroxylation is 3. The van der Waals surface area contributed by atoms with E-state index in [9.17, 15) is 0 Å². The van der Waals surface area contributed by atoms with Crippen LogP contribution < -0.4 is 4.74 Å². The van der Waals surface area contributed by atoms with Gasteiger partial charge in [-0.3, -0.25) is 9.36 Å². The van der Waals surface area contributed by atoms with Gasteiger partial charge in [0.2, 0.25) is 0 Å². The van der Waals surface area contributed by atoms with E-state index in [-0.39, 0.29) is 0 Å². The van der Waals surface area contributed by atoms with Gasteiger partial charge in [-0.1, -0.05) is 18.2 Å². The zero-order chi connectivity index (χ0) is 18.8. The molecule has 0 saturated heterocycles. The van der Waals surface area contributed by atoms with E-state index in [4.69, 9.17) is 9.72 Å². The first-order valence-electron chi connectivity index (χ1n) is 8.72. The highest BCUT2D eigenvalue weighted by atomic mass is 16.5. The first-order chi connectivity index (χ1) is 13.1. The normalized spacial score (nSPS) is 11.1. The van der Waals surface area contributed by atoms with E-state index in [1.54, 1.807) is 15.6 Å². The van der Waals surface area contributed by atoms with E-state index >= 15 is 0 Å². The zero-order valence-electron chi connectivity index (χ0n) is 15.6. The van der Waals surface area contributed by atoms with Crippen LogP contribution in [0, 0.1) is 13.8 Å². The molecule has 0 fully saturated rings. The number of nitrogens with zero attached hydrogens (tertiary/aromatic N) is 7. The molecule has 1 aromatic carbocycles. The highest BCUT2D eigenvalue weighted by molar-refractivity contribution is 5.23. The molecule has 4 aromatic rings. The van der Waals surface area contributed by atoms with E-state index in [1.807, 2.05) is 68.0 Å². The SMILES string of the molecule is Cc1cc(C)n(Cc2nc(COc3ccccc3)nn2-c2ccnn2C)n1. The number of hydrogen-bond acceptors (Lipinski definition) is 5. The Morgan fingerprint density at radius 1 is 1.04 bits per heavy atom. The second-order valence-corrected chi connectivity index (χ2v) is 6.36. The topological polar surface area (TPSA) is 75.6 Å². The average molecular weight is 363 g/mol. The monoisotopic (exact) mass is 363 g/mol. The summed E-state index contributed by atoms with van der Waals surface area (Å²) in [6, 6.07) is 13.6. The lowest BCUT2D eigenvalue weighted by Crippen LogP contribution is -2.13. The highest BCUT2D eigenvalue weighted by Crippen LogP contribution is 2.14. The molecule has 138 valence electrons. The van der Waals surface area contributed by atoms with Crippen LogP contribution in [0.1, 0.15) is 23.0 Å². The van der Waals surface area contributed by atoms with Crippen LogP contribution in [0.15, 0.2) is 48.7 Å². The molecule has 3 aromatic heterocycles. The Kier molecular flexibility index (Phi) is 4.45. The largest absolute Gasteiger partial charge is 0.486 e. The molecule has 3 heterocycles. The quantitative estimate of drug-likeness (QED) is 0.526. The molecule has 0 atom stereocenters. The van der Waals surface area contributed by atoms with Crippen molar-refractivity contribution in [2.24, 2.45) is 7.05 Å². The molecule has 0 saturated carbocycles. The third-order valence-corrected chi connectivity index (χ3v) is 4.24. The fourth-order valence-electron chi connectivity index (χ4n) is 2.95. The molecule has 0 aliphatic rings. The van der Waals surface area contributed by atoms with Crippen LogP contribution in [-0.2, 0) is 20.2 Å². The van der Waals surface area contributed by atoms with Crippen LogP contribution in [0.3, 0.4) is 0 Å². The summed E-state index contributed by atoms with van der Waals surface area (Å²) in [7, 11) is 1.88. The number of aromatic nitrogens is 7. The minimum atomic E-state index is 0.291. The lowest BCUT2D eigenvalue weighted by atomic mass is 10.3. The molecule has 0 spiro atoms. The van der Waals surface area contributed by atoms with Gasteiger partial charge in [0.15, 0.2) is 17.5 Å². The standard InChI is InChI=1S/C19H21N7O/c1-14-11-15(2)25(22-14)12-18-21-17(13-27-16-7-5-4-6-8-16)23-26(18)19-9-10-20-24(19)3/h4-11H,12-13H2,1-3H3. The van der Waals surface area contributed by atoms with Gasteiger partial charge in [-0.15, -0.1) is 5.10 Å². The van der Waals surface area contributed by atoms with Gasteiger partial charge in [-0.2, -0.15) is 14.9 Å². The van der Waals surface area contributed by atoms with Crippen LogP contribution >= 0.6 is 0 Å². The maximum Gasteiger partial charge on any atom is 0.189 e. The maximum atomic E-state index is 5.80. The number of para-hydroxylation sites is 1. The second-order valence-electron chi connectivity index (χ2n) is 6.36. The van der Waals surface area contributed by atoms with E-state index in [2.05, 4.69) is 15.3 Å². The number of ether oxygens (including phenoxy) is 1. The minimum Gasteiger partial charge on any atom is -0.486 e. The van der Waals surface area contributed by atoms with E-state index in [0.717, 1.165) is 28.8 Å². The van der Waals surface area contributed by atoms with Crippen LogP contribution in [0.25, 0.3) is 5.82 Å². The molecular weight excluding hydrogens is 342 g/mol. The summed E-state index contributed by atoms with van der Waals surface area (Å²) in [5.74, 6) is 3.01. The first-order valence-corrected chi connectivity index (χ1v) is 8.72. The van der Waals surface area contributed by atoms with Gasteiger partial charge >= 0.3 is 0 Å².